The highest BCUT2D eigenvalue weighted by molar-refractivity contribution is 8.03. The Morgan fingerprint density at radius 2 is 2.15 bits per heavy atom. The number of anilines is 1. The number of fused-ring (bicyclic) bond motifs is 1. The predicted molar refractivity (Wildman–Crippen MR) is 82.7 cm³/mol. The Kier molecular flexibility index (Phi) is 3.32. The number of pyridine rings is 1. The molecule has 3 nitrogen and oxygen atoms in total. The average molecular weight is 282 g/mol. The molecule has 3 rings (SSSR count). The van der Waals surface area contributed by atoms with Gasteiger partial charge in [-0.3, -0.25) is 9.78 Å². The van der Waals surface area contributed by atoms with Crippen LogP contribution in [-0.2, 0) is 4.79 Å². The molecule has 0 saturated carbocycles. The Hall–Kier alpha value is -2.07. The smallest absolute Gasteiger partial charge is 0.155 e. The number of carbonyl (C=O) groups excluding carboxylic acids is 1. The molecular weight excluding hydrogens is 268 g/mol. The van der Waals surface area contributed by atoms with E-state index in [1.807, 2.05) is 30.1 Å². The lowest BCUT2D eigenvalue weighted by molar-refractivity contribution is -0.112. The van der Waals surface area contributed by atoms with E-state index in [1.165, 1.54) is 4.90 Å². The Morgan fingerprint density at radius 3 is 2.85 bits per heavy atom. The minimum Gasteiger partial charge on any atom is -0.338 e. The number of carbonyl (C=O) groups is 1. The largest absolute Gasteiger partial charge is 0.338 e. The Labute approximate surface area is 122 Å². The molecule has 20 heavy (non-hydrogen) atoms. The summed E-state index contributed by atoms with van der Waals surface area (Å²) < 4.78 is 0. The zero-order valence-corrected chi connectivity index (χ0v) is 12.1. The van der Waals surface area contributed by atoms with Crippen molar-refractivity contribution in [2.24, 2.45) is 0 Å². The second-order valence-corrected chi connectivity index (χ2v) is 5.71. The maximum absolute atomic E-state index is 11.3. The first kappa shape index (κ1) is 12.9. The van der Waals surface area contributed by atoms with E-state index in [-0.39, 0.29) is 5.78 Å². The van der Waals surface area contributed by atoms with Gasteiger partial charge in [-0.1, -0.05) is 23.9 Å². The van der Waals surface area contributed by atoms with E-state index in [0.29, 0.717) is 0 Å². The predicted octanol–water partition coefficient (Wildman–Crippen LogP) is 3.72. The normalized spacial score (nSPS) is 15.5. The SMILES string of the molecule is CC(=O)/C=C1\Sc2ccc(-c3ccccn3)cc2N1C. The van der Waals surface area contributed by atoms with Crippen molar-refractivity contribution in [2.45, 2.75) is 11.8 Å². The van der Waals surface area contributed by atoms with Gasteiger partial charge in [0.05, 0.1) is 16.4 Å². The van der Waals surface area contributed by atoms with Gasteiger partial charge >= 0.3 is 0 Å². The topological polar surface area (TPSA) is 33.2 Å². The number of benzene rings is 1. The second-order valence-electron chi connectivity index (χ2n) is 4.65. The Bertz CT molecular complexity index is 695. The average Bonchev–Trinajstić information content (AvgIpc) is 2.75. The molecule has 0 radical (unpaired) electrons. The van der Waals surface area contributed by atoms with Crippen molar-refractivity contribution < 1.29 is 4.79 Å². The molecule has 0 unspecified atom stereocenters. The van der Waals surface area contributed by atoms with Gasteiger partial charge in [0.2, 0.25) is 0 Å². The number of rotatable bonds is 2. The summed E-state index contributed by atoms with van der Waals surface area (Å²) in [5.41, 5.74) is 3.16. The summed E-state index contributed by atoms with van der Waals surface area (Å²) in [6, 6.07) is 12.2. The fourth-order valence-corrected chi connectivity index (χ4v) is 3.28. The number of aromatic nitrogens is 1. The standard InChI is InChI=1S/C16H14N2OS/c1-11(19)9-16-18(2)14-10-12(6-7-15(14)20-16)13-5-3-4-8-17-13/h3-10H,1-2H3/b16-9-. The van der Waals surface area contributed by atoms with E-state index < -0.39 is 0 Å². The van der Waals surface area contributed by atoms with E-state index in [2.05, 4.69) is 23.2 Å². The van der Waals surface area contributed by atoms with Crippen molar-refractivity contribution in [3.05, 3.63) is 53.7 Å². The van der Waals surface area contributed by atoms with Crippen LogP contribution in [0.4, 0.5) is 5.69 Å². The third kappa shape index (κ3) is 2.34. The molecule has 1 aliphatic heterocycles. The fraction of sp³-hybridized carbons (Fsp3) is 0.125. The van der Waals surface area contributed by atoms with Crippen LogP contribution in [0.3, 0.4) is 0 Å². The first-order valence-corrected chi connectivity index (χ1v) is 7.16. The van der Waals surface area contributed by atoms with Gasteiger partial charge in [0.15, 0.2) is 5.78 Å². The summed E-state index contributed by atoms with van der Waals surface area (Å²) in [6.07, 6.45) is 3.47. The molecule has 2 heterocycles. The third-order valence-electron chi connectivity index (χ3n) is 3.15. The zero-order chi connectivity index (χ0) is 14.1. The summed E-state index contributed by atoms with van der Waals surface area (Å²) in [7, 11) is 1.98. The van der Waals surface area contributed by atoms with Crippen LogP contribution in [0.5, 0.6) is 0 Å². The molecule has 0 spiro atoms. The van der Waals surface area contributed by atoms with Crippen LogP contribution in [0.15, 0.2) is 58.6 Å². The number of ketones is 1. The van der Waals surface area contributed by atoms with E-state index >= 15 is 0 Å². The van der Waals surface area contributed by atoms with Gasteiger partial charge in [-0.05, 0) is 31.2 Å². The van der Waals surface area contributed by atoms with Crippen molar-refractivity contribution in [3.63, 3.8) is 0 Å². The Morgan fingerprint density at radius 1 is 1.30 bits per heavy atom. The summed E-state index contributed by atoms with van der Waals surface area (Å²) in [5, 5.41) is 0.964. The van der Waals surface area contributed by atoms with Gasteiger partial charge in [-0.2, -0.15) is 0 Å². The van der Waals surface area contributed by atoms with Crippen molar-refractivity contribution in [2.75, 3.05) is 11.9 Å². The van der Waals surface area contributed by atoms with Crippen LogP contribution < -0.4 is 4.90 Å². The van der Waals surface area contributed by atoms with Gasteiger partial charge in [-0.15, -0.1) is 0 Å². The van der Waals surface area contributed by atoms with Crippen LogP contribution in [0.25, 0.3) is 11.3 Å². The first-order chi connectivity index (χ1) is 9.65. The number of allylic oxidation sites excluding steroid dienone is 1. The van der Waals surface area contributed by atoms with Crippen molar-refractivity contribution in [3.8, 4) is 11.3 Å². The van der Waals surface area contributed by atoms with E-state index in [9.17, 15) is 4.79 Å². The lowest BCUT2D eigenvalue weighted by Gasteiger charge is -2.13. The van der Waals surface area contributed by atoms with Crippen LogP contribution >= 0.6 is 11.8 Å². The maximum atomic E-state index is 11.3. The highest BCUT2D eigenvalue weighted by atomic mass is 32.2. The van der Waals surface area contributed by atoms with Crippen molar-refractivity contribution in [1.29, 1.82) is 0 Å². The summed E-state index contributed by atoms with van der Waals surface area (Å²) in [4.78, 5) is 18.8. The molecule has 0 amide bonds. The molecule has 0 aliphatic carbocycles. The molecule has 2 aromatic rings. The molecule has 1 aromatic heterocycles. The number of thioether (sulfide) groups is 1. The van der Waals surface area contributed by atoms with Crippen LogP contribution in [0, 0.1) is 0 Å². The second kappa shape index (κ2) is 5.13. The number of nitrogens with zero attached hydrogens (tertiary/aromatic N) is 2. The van der Waals surface area contributed by atoms with Crippen molar-refractivity contribution in [1.82, 2.24) is 4.98 Å². The molecular formula is C16H14N2OS. The summed E-state index contributed by atoms with van der Waals surface area (Å²) in [5.74, 6) is 0.0668. The van der Waals surface area contributed by atoms with Gasteiger partial charge < -0.3 is 4.90 Å². The zero-order valence-electron chi connectivity index (χ0n) is 11.3. The molecule has 0 bridgehead atoms. The van der Waals surface area contributed by atoms with E-state index in [4.69, 9.17) is 0 Å². The minimum absolute atomic E-state index is 0.0668. The Balaban J connectivity index is 2.01. The first-order valence-electron chi connectivity index (χ1n) is 6.34. The van der Waals surface area contributed by atoms with Crippen LogP contribution in [-0.4, -0.2) is 17.8 Å². The van der Waals surface area contributed by atoms with Gasteiger partial charge in [0.1, 0.15) is 0 Å². The molecule has 4 heteroatoms. The molecule has 0 saturated heterocycles. The van der Waals surface area contributed by atoms with Crippen LogP contribution in [0.2, 0.25) is 0 Å². The maximum Gasteiger partial charge on any atom is 0.155 e. The van der Waals surface area contributed by atoms with Gasteiger partial charge in [0, 0.05) is 29.8 Å². The molecule has 1 aromatic carbocycles. The molecule has 1 aliphatic rings. The molecule has 100 valence electrons. The molecule has 0 N–H and O–H groups in total. The lowest BCUT2D eigenvalue weighted by Crippen LogP contribution is -2.10. The third-order valence-corrected chi connectivity index (χ3v) is 4.32. The highest BCUT2D eigenvalue weighted by Crippen LogP contribution is 2.46. The summed E-state index contributed by atoms with van der Waals surface area (Å²) in [6.45, 7) is 1.57. The lowest BCUT2D eigenvalue weighted by atomic mass is 10.1. The fourth-order valence-electron chi connectivity index (χ4n) is 2.16. The highest BCUT2D eigenvalue weighted by Gasteiger charge is 2.22. The quantitative estimate of drug-likeness (QED) is 0.786. The monoisotopic (exact) mass is 282 g/mol. The van der Waals surface area contributed by atoms with E-state index in [1.54, 1.807) is 31.0 Å². The number of hydrogen-bond donors (Lipinski definition) is 0. The minimum atomic E-state index is 0.0668. The van der Waals surface area contributed by atoms with Gasteiger partial charge in [-0.25, -0.2) is 0 Å². The van der Waals surface area contributed by atoms with Gasteiger partial charge in [0.25, 0.3) is 0 Å². The number of hydrogen-bond acceptors (Lipinski definition) is 4. The molecule has 0 fully saturated rings. The molecule has 0 atom stereocenters. The van der Waals surface area contributed by atoms with Crippen molar-refractivity contribution >= 4 is 23.2 Å². The summed E-state index contributed by atoms with van der Waals surface area (Å²) >= 11 is 1.62. The van der Waals surface area contributed by atoms with Crippen LogP contribution in [0.1, 0.15) is 6.92 Å². The van der Waals surface area contributed by atoms with E-state index in [0.717, 1.165) is 22.0 Å².